The maximum absolute atomic E-state index is 12.8. The molecule has 0 unspecified atom stereocenters. The van der Waals surface area contributed by atoms with Crippen LogP contribution in [0.15, 0.2) is 18.2 Å². The van der Waals surface area contributed by atoms with Gasteiger partial charge in [-0.25, -0.2) is 0 Å². The molecule has 1 heterocycles. The molecule has 0 radical (unpaired) electrons. The third-order valence-electron chi connectivity index (χ3n) is 4.99. The first-order chi connectivity index (χ1) is 12.5. The lowest BCUT2D eigenvalue weighted by atomic mass is 10.0. The van der Waals surface area contributed by atoms with Crippen molar-refractivity contribution in [1.82, 2.24) is 9.80 Å². The van der Waals surface area contributed by atoms with Gasteiger partial charge >= 0.3 is 0 Å². The molecule has 1 aliphatic carbocycles. The number of methoxy groups -OCH3 is 2. The largest absolute Gasteiger partial charge is 0.493 e. The van der Waals surface area contributed by atoms with E-state index in [9.17, 15) is 14.4 Å². The molecule has 1 aromatic carbocycles. The van der Waals surface area contributed by atoms with E-state index in [-0.39, 0.29) is 11.8 Å². The summed E-state index contributed by atoms with van der Waals surface area (Å²) < 4.78 is 10.4. The lowest BCUT2D eigenvalue weighted by molar-refractivity contribution is -0.144. The summed E-state index contributed by atoms with van der Waals surface area (Å²) in [5, 5.41) is 2.82. The van der Waals surface area contributed by atoms with Crippen molar-refractivity contribution < 1.29 is 23.9 Å². The van der Waals surface area contributed by atoms with Gasteiger partial charge in [0.25, 0.3) is 0 Å². The number of ether oxygens (including phenoxy) is 2. The summed E-state index contributed by atoms with van der Waals surface area (Å²) in [5.74, 6) is 0.621. The quantitative estimate of drug-likeness (QED) is 0.596. The van der Waals surface area contributed by atoms with Gasteiger partial charge in [-0.3, -0.25) is 14.4 Å². The Bertz CT molecular complexity index is 709. The van der Waals surface area contributed by atoms with Crippen molar-refractivity contribution in [1.29, 1.82) is 0 Å². The topological polar surface area (TPSA) is 88.2 Å². The summed E-state index contributed by atoms with van der Waals surface area (Å²) in [5.41, 5.74) is -0.436. The van der Waals surface area contributed by atoms with Crippen LogP contribution in [0.5, 0.6) is 11.5 Å². The first-order valence-corrected chi connectivity index (χ1v) is 8.56. The van der Waals surface area contributed by atoms with Crippen molar-refractivity contribution in [3.8, 4) is 11.5 Å². The molecular weight excluding hydrogens is 338 g/mol. The second-order valence-corrected chi connectivity index (χ2v) is 6.54. The van der Waals surface area contributed by atoms with Crippen LogP contribution in [0.3, 0.4) is 0 Å². The highest BCUT2D eigenvalue weighted by Gasteiger charge is 2.58. The molecule has 3 amide bonds. The lowest BCUT2D eigenvalue weighted by Crippen LogP contribution is -2.52. The Hall–Kier alpha value is -2.77. The van der Waals surface area contributed by atoms with Gasteiger partial charge in [0.2, 0.25) is 18.2 Å². The summed E-state index contributed by atoms with van der Waals surface area (Å²) in [6, 6.07) is 5.08. The zero-order valence-electron chi connectivity index (χ0n) is 15.0. The van der Waals surface area contributed by atoms with Crippen molar-refractivity contribution in [3.05, 3.63) is 18.2 Å². The zero-order chi connectivity index (χ0) is 18.7. The fourth-order valence-corrected chi connectivity index (χ4v) is 3.16. The van der Waals surface area contributed by atoms with Gasteiger partial charge < -0.3 is 24.6 Å². The number of rotatable bonds is 6. The van der Waals surface area contributed by atoms with Crippen molar-refractivity contribution in [3.63, 3.8) is 0 Å². The molecule has 1 aromatic rings. The molecule has 8 nitrogen and oxygen atoms in total. The molecule has 140 valence electrons. The molecule has 1 aliphatic heterocycles. The molecule has 26 heavy (non-hydrogen) atoms. The highest BCUT2D eigenvalue weighted by Crippen LogP contribution is 2.48. The SMILES string of the molecule is COc1ccc(NC(=O)C2(C(=O)N3CCN(C=O)CC3)CC2)cc1OC. The van der Waals surface area contributed by atoms with Crippen molar-refractivity contribution >= 4 is 23.9 Å². The molecule has 2 aliphatic rings. The Labute approximate surface area is 152 Å². The average molecular weight is 361 g/mol. The Kier molecular flexibility index (Phi) is 5.01. The number of benzene rings is 1. The van der Waals surface area contributed by atoms with Crippen LogP contribution in [0.1, 0.15) is 12.8 Å². The third-order valence-corrected chi connectivity index (χ3v) is 4.99. The molecule has 0 aromatic heterocycles. The first-order valence-electron chi connectivity index (χ1n) is 8.56. The molecule has 0 atom stereocenters. The van der Waals surface area contributed by atoms with E-state index in [2.05, 4.69) is 5.32 Å². The van der Waals surface area contributed by atoms with Crippen molar-refractivity contribution in [2.24, 2.45) is 5.41 Å². The fraction of sp³-hybridized carbons (Fsp3) is 0.500. The minimum Gasteiger partial charge on any atom is -0.493 e. The summed E-state index contributed by atoms with van der Waals surface area (Å²) in [7, 11) is 3.06. The average Bonchev–Trinajstić information content (AvgIpc) is 3.49. The summed E-state index contributed by atoms with van der Waals surface area (Å²) in [4.78, 5) is 39.7. The smallest absolute Gasteiger partial charge is 0.240 e. The molecule has 2 fully saturated rings. The summed E-state index contributed by atoms with van der Waals surface area (Å²) in [6.45, 7) is 1.93. The molecule has 0 bridgehead atoms. The molecule has 1 N–H and O–H groups in total. The molecule has 1 saturated carbocycles. The van der Waals surface area contributed by atoms with E-state index in [4.69, 9.17) is 9.47 Å². The van der Waals surface area contributed by atoms with Crippen LogP contribution in [0.4, 0.5) is 5.69 Å². The third kappa shape index (κ3) is 3.31. The fourth-order valence-electron chi connectivity index (χ4n) is 3.16. The van der Waals surface area contributed by atoms with Gasteiger partial charge in [-0.15, -0.1) is 0 Å². The minimum absolute atomic E-state index is 0.152. The van der Waals surface area contributed by atoms with E-state index in [1.54, 1.807) is 35.1 Å². The van der Waals surface area contributed by atoms with E-state index in [0.717, 1.165) is 6.41 Å². The van der Waals surface area contributed by atoms with E-state index < -0.39 is 5.41 Å². The van der Waals surface area contributed by atoms with Crippen LogP contribution in [0.2, 0.25) is 0 Å². The number of anilines is 1. The van der Waals surface area contributed by atoms with Crippen LogP contribution < -0.4 is 14.8 Å². The van der Waals surface area contributed by atoms with Crippen LogP contribution in [0.25, 0.3) is 0 Å². The Morgan fingerprint density at radius 2 is 1.73 bits per heavy atom. The molecule has 1 saturated heterocycles. The number of nitrogens with one attached hydrogen (secondary N) is 1. The number of piperazine rings is 1. The number of carbonyl (C=O) groups excluding carboxylic acids is 3. The van der Waals surface area contributed by atoms with Gasteiger partial charge in [0.1, 0.15) is 5.41 Å². The number of hydrogen-bond acceptors (Lipinski definition) is 5. The molecule has 3 rings (SSSR count). The van der Waals surface area contributed by atoms with Crippen molar-refractivity contribution in [2.45, 2.75) is 12.8 Å². The molecule has 0 spiro atoms. The maximum atomic E-state index is 12.8. The van der Waals surface area contributed by atoms with Gasteiger partial charge in [-0.05, 0) is 25.0 Å². The monoisotopic (exact) mass is 361 g/mol. The van der Waals surface area contributed by atoms with Crippen LogP contribution in [-0.2, 0) is 14.4 Å². The number of hydrogen-bond donors (Lipinski definition) is 1. The van der Waals surface area contributed by atoms with Crippen LogP contribution >= 0.6 is 0 Å². The Balaban J connectivity index is 1.67. The summed E-state index contributed by atoms with van der Waals surface area (Å²) in [6.07, 6.45) is 1.87. The van der Waals surface area contributed by atoms with E-state index in [1.807, 2.05) is 0 Å². The molecule has 8 heteroatoms. The second kappa shape index (κ2) is 7.23. The maximum Gasteiger partial charge on any atom is 0.240 e. The predicted molar refractivity (Wildman–Crippen MR) is 94.1 cm³/mol. The first kappa shape index (κ1) is 18.0. The standard InChI is InChI=1S/C18H23N3O5/c1-25-14-4-3-13(11-15(14)26-2)19-16(23)18(5-6-18)17(24)21-9-7-20(12-22)8-10-21/h3-4,11-12H,5-10H2,1-2H3,(H,19,23). The van der Waals surface area contributed by atoms with E-state index in [1.165, 1.54) is 7.11 Å². The minimum atomic E-state index is -0.990. The molecular formula is C18H23N3O5. The number of carbonyl (C=O) groups is 3. The number of amides is 3. The Morgan fingerprint density at radius 1 is 1.08 bits per heavy atom. The van der Waals surface area contributed by atoms with Gasteiger partial charge in [-0.1, -0.05) is 0 Å². The predicted octanol–water partition coefficient (Wildman–Crippen LogP) is 0.723. The van der Waals surface area contributed by atoms with Crippen molar-refractivity contribution in [2.75, 3.05) is 45.7 Å². The zero-order valence-corrected chi connectivity index (χ0v) is 15.0. The normalized spacial score (nSPS) is 18.1. The highest BCUT2D eigenvalue weighted by atomic mass is 16.5. The number of nitrogens with zero attached hydrogens (tertiary/aromatic N) is 2. The van der Waals surface area contributed by atoms with Crippen LogP contribution in [0, 0.1) is 5.41 Å². The second-order valence-electron chi connectivity index (χ2n) is 6.54. The van der Waals surface area contributed by atoms with Gasteiger partial charge in [-0.2, -0.15) is 0 Å². The van der Waals surface area contributed by atoms with E-state index in [0.29, 0.717) is 56.2 Å². The van der Waals surface area contributed by atoms with Gasteiger partial charge in [0.05, 0.1) is 14.2 Å². The summed E-state index contributed by atoms with van der Waals surface area (Å²) >= 11 is 0. The van der Waals surface area contributed by atoms with Gasteiger partial charge in [0.15, 0.2) is 11.5 Å². The van der Waals surface area contributed by atoms with E-state index >= 15 is 0 Å². The Morgan fingerprint density at radius 3 is 2.27 bits per heavy atom. The lowest BCUT2D eigenvalue weighted by Gasteiger charge is -2.34. The highest BCUT2D eigenvalue weighted by molar-refractivity contribution is 6.13. The van der Waals surface area contributed by atoms with Gasteiger partial charge in [0, 0.05) is 37.9 Å². The van der Waals surface area contributed by atoms with Crippen LogP contribution in [-0.4, -0.2) is 68.4 Å².